The van der Waals surface area contributed by atoms with Gasteiger partial charge in [0.1, 0.15) is 6.04 Å². The van der Waals surface area contributed by atoms with Crippen molar-refractivity contribution in [2.24, 2.45) is 0 Å². The van der Waals surface area contributed by atoms with E-state index in [9.17, 15) is 19.7 Å². The van der Waals surface area contributed by atoms with Crippen molar-refractivity contribution < 1.29 is 14.5 Å². The number of benzene rings is 3. The van der Waals surface area contributed by atoms with Gasteiger partial charge in [0, 0.05) is 29.9 Å². The maximum absolute atomic E-state index is 13.2. The molecule has 1 aromatic heterocycles. The maximum atomic E-state index is 13.2. The highest BCUT2D eigenvalue weighted by Gasteiger charge is 2.22. The molecule has 0 aliphatic heterocycles. The first-order valence-corrected chi connectivity index (χ1v) is 11.4. The van der Waals surface area contributed by atoms with Gasteiger partial charge in [0.25, 0.3) is 5.69 Å². The first kappa shape index (κ1) is 24.3. The fraction of sp³-hybridized carbons (Fsp3) is 0.148. The molecule has 0 aliphatic carbocycles. The normalized spacial score (nSPS) is 11.5. The molecule has 4 rings (SSSR count). The molecule has 0 fully saturated rings. The van der Waals surface area contributed by atoms with Crippen LogP contribution in [-0.2, 0) is 22.4 Å². The predicted molar refractivity (Wildman–Crippen MR) is 136 cm³/mol. The van der Waals surface area contributed by atoms with Gasteiger partial charge in [-0.3, -0.25) is 24.8 Å². The number of H-pyrrole nitrogens is 1. The van der Waals surface area contributed by atoms with Crippen LogP contribution in [0.25, 0.3) is 11.3 Å². The van der Waals surface area contributed by atoms with Crippen molar-refractivity contribution in [3.63, 3.8) is 0 Å². The Morgan fingerprint density at radius 1 is 1.00 bits per heavy atom. The van der Waals surface area contributed by atoms with Crippen molar-refractivity contribution in [3.05, 3.63) is 112 Å². The number of aromatic nitrogens is 2. The zero-order valence-electron chi connectivity index (χ0n) is 19.6. The SMILES string of the molecule is Cc1cc(CC(=O)NC(Cc2ccccc2)C(=O)Nc2ccc(-c3ccn[nH]3)cc2)ccc1[N+](=O)[O-]. The number of hydrogen-bond donors (Lipinski definition) is 3. The first-order valence-electron chi connectivity index (χ1n) is 11.4. The average molecular weight is 484 g/mol. The van der Waals surface area contributed by atoms with Gasteiger partial charge in [0.05, 0.1) is 17.0 Å². The van der Waals surface area contributed by atoms with E-state index in [1.54, 1.807) is 37.4 Å². The second kappa shape index (κ2) is 11.1. The van der Waals surface area contributed by atoms with E-state index in [4.69, 9.17) is 0 Å². The number of aryl methyl sites for hydroxylation is 1. The molecule has 3 N–H and O–H groups in total. The monoisotopic (exact) mass is 483 g/mol. The van der Waals surface area contributed by atoms with Crippen LogP contribution in [0.1, 0.15) is 16.7 Å². The summed E-state index contributed by atoms with van der Waals surface area (Å²) in [6.45, 7) is 1.63. The van der Waals surface area contributed by atoms with Crippen LogP contribution in [0.15, 0.2) is 85.1 Å². The van der Waals surface area contributed by atoms with Crippen molar-refractivity contribution in [3.8, 4) is 11.3 Å². The lowest BCUT2D eigenvalue weighted by atomic mass is 10.0. The molecule has 36 heavy (non-hydrogen) atoms. The molecule has 182 valence electrons. The Hall–Kier alpha value is -4.79. The highest BCUT2D eigenvalue weighted by atomic mass is 16.6. The van der Waals surface area contributed by atoms with E-state index in [2.05, 4.69) is 20.8 Å². The van der Waals surface area contributed by atoms with E-state index in [1.807, 2.05) is 48.5 Å². The number of carbonyl (C=O) groups excluding carboxylic acids is 2. The largest absolute Gasteiger partial charge is 0.344 e. The minimum Gasteiger partial charge on any atom is -0.344 e. The summed E-state index contributed by atoms with van der Waals surface area (Å²) in [5, 5.41) is 23.6. The Morgan fingerprint density at radius 3 is 2.39 bits per heavy atom. The zero-order chi connectivity index (χ0) is 25.5. The fourth-order valence-corrected chi connectivity index (χ4v) is 3.90. The Kier molecular flexibility index (Phi) is 7.50. The minimum absolute atomic E-state index is 0.000891. The summed E-state index contributed by atoms with van der Waals surface area (Å²) in [7, 11) is 0. The number of anilines is 1. The molecular formula is C27H25N5O4. The lowest BCUT2D eigenvalue weighted by molar-refractivity contribution is -0.385. The van der Waals surface area contributed by atoms with Gasteiger partial charge in [-0.2, -0.15) is 5.10 Å². The Labute approximate surface area is 207 Å². The Balaban J connectivity index is 1.46. The smallest absolute Gasteiger partial charge is 0.272 e. The number of nitrogens with zero attached hydrogens (tertiary/aromatic N) is 2. The molecule has 3 aromatic carbocycles. The molecule has 9 nitrogen and oxygen atoms in total. The second-order valence-electron chi connectivity index (χ2n) is 8.40. The summed E-state index contributed by atoms with van der Waals surface area (Å²) in [6.07, 6.45) is 1.97. The summed E-state index contributed by atoms with van der Waals surface area (Å²) < 4.78 is 0. The van der Waals surface area contributed by atoms with Crippen LogP contribution in [-0.4, -0.2) is 33.0 Å². The van der Waals surface area contributed by atoms with Crippen LogP contribution in [0.3, 0.4) is 0 Å². The topological polar surface area (TPSA) is 130 Å². The molecule has 2 amide bonds. The van der Waals surface area contributed by atoms with E-state index in [0.717, 1.165) is 16.8 Å². The molecule has 1 unspecified atom stereocenters. The van der Waals surface area contributed by atoms with Crippen LogP contribution in [0.2, 0.25) is 0 Å². The molecule has 0 radical (unpaired) electrons. The van der Waals surface area contributed by atoms with Gasteiger partial charge in [0.15, 0.2) is 0 Å². The number of nitrogens with one attached hydrogen (secondary N) is 3. The van der Waals surface area contributed by atoms with Gasteiger partial charge in [-0.1, -0.05) is 48.5 Å². The molecule has 4 aromatic rings. The molecule has 0 aliphatic rings. The average Bonchev–Trinajstić information content (AvgIpc) is 3.39. The quantitative estimate of drug-likeness (QED) is 0.243. The summed E-state index contributed by atoms with van der Waals surface area (Å²) in [5.41, 5.74) is 4.40. The number of hydrogen-bond acceptors (Lipinski definition) is 5. The first-order chi connectivity index (χ1) is 17.4. The van der Waals surface area contributed by atoms with Crippen molar-refractivity contribution in [2.45, 2.75) is 25.8 Å². The van der Waals surface area contributed by atoms with E-state index < -0.39 is 11.0 Å². The van der Waals surface area contributed by atoms with Gasteiger partial charge < -0.3 is 10.6 Å². The van der Waals surface area contributed by atoms with Crippen LogP contribution in [0, 0.1) is 17.0 Å². The third-order valence-corrected chi connectivity index (χ3v) is 5.72. The lowest BCUT2D eigenvalue weighted by Crippen LogP contribution is -2.45. The van der Waals surface area contributed by atoms with Gasteiger partial charge in [-0.05, 0) is 47.9 Å². The third kappa shape index (κ3) is 6.20. The summed E-state index contributed by atoms with van der Waals surface area (Å²) in [5.74, 6) is -0.699. The van der Waals surface area contributed by atoms with Crippen molar-refractivity contribution in [1.82, 2.24) is 15.5 Å². The molecule has 1 atom stereocenters. The van der Waals surface area contributed by atoms with Gasteiger partial charge in [-0.25, -0.2) is 0 Å². The van der Waals surface area contributed by atoms with E-state index in [0.29, 0.717) is 23.2 Å². The molecule has 1 heterocycles. The molecule has 0 saturated heterocycles. The lowest BCUT2D eigenvalue weighted by Gasteiger charge is -2.19. The van der Waals surface area contributed by atoms with Gasteiger partial charge in [0.2, 0.25) is 11.8 Å². The number of rotatable bonds is 9. The van der Waals surface area contributed by atoms with Crippen LogP contribution in [0.5, 0.6) is 0 Å². The van der Waals surface area contributed by atoms with Crippen LogP contribution < -0.4 is 10.6 Å². The van der Waals surface area contributed by atoms with Crippen molar-refractivity contribution in [2.75, 3.05) is 5.32 Å². The van der Waals surface area contributed by atoms with Gasteiger partial charge in [-0.15, -0.1) is 0 Å². The zero-order valence-corrected chi connectivity index (χ0v) is 19.6. The van der Waals surface area contributed by atoms with E-state index >= 15 is 0 Å². The van der Waals surface area contributed by atoms with Crippen LogP contribution >= 0.6 is 0 Å². The standard InChI is InChI=1S/C27H25N5O4/c1-18-15-20(7-12-25(18)32(35)36)17-26(33)30-24(16-19-5-3-2-4-6-19)27(34)29-22-10-8-21(9-11-22)23-13-14-28-31-23/h2-15,24H,16-17H2,1H3,(H,28,31)(H,29,34)(H,30,33). The second-order valence-corrected chi connectivity index (χ2v) is 8.40. The van der Waals surface area contributed by atoms with E-state index in [1.165, 1.54) is 6.07 Å². The molecule has 0 spiro atoms. The Bertz CT molecular complexity index is 1350. The minimum atomic E-state index is -0.814. The van der Waals surface area contributed by atoms with Crippen LogP contribution in [0.4, 0.5) is 11.4 Å². The molecule has 0 bridgehead atoms. The molecule has 0 saturated carbocycles. The van der Waals surface area contributed by atoms with Crippen molar-refractivity contribution >= 4 is 23.2 Å². The molecular weight excluding hydrogens is 458 g/mol. The third-order valence-electron chi connectivity index (χ3n) is 5.72. The number of nitro benzene ring substituents is 1. The number of carbonyl (C=O) groups is 2. The van der Waals surface area contributed by atoms with Gasteiger partial charge >= 0.3 is 0 Å². The fourth-order valence-electron chi connectivity index (χ4n) is 3.90. The number of amides is 2. The predicted octanol–water partition coefficient (Wildman–Crippen LogP) is 4.20. The summed E-state index contributed by atoms with van der Waals surface area (Å²) in [4.78, 5) is 36.6. The number of nitro groups is 1. The number of aromatic amines is 1. The Morgan fingerprint density at radius 2 is 1.75 bits per heavy atom. The highest BCUT2D eigenvalue weighted by Crippen LogP contribution is 2.20. The molecule has 9 heteroatoms. The summed E-state index contributed by atoms with van der Waals surface area (Å²) in [6, 6.07) is 22.3. The highest BCUT2D eigenvalue weighted by molar-refractivity contribution is 5.97. The van der Waals surface area contributed by atoms with E-state index in [-0.39, 0.29) is 23.9 Å². The summed E-state index contributed by atoms with van der Waals surface area (Å²) >= 11 is 0. The van der Waals surface area contributed by atoms with Crippen molar-refractivity contribution in [1.29, 1.82) is 0 Å². The maximum Gasteiger partial charge on any atom is 0.272 e.